The van der Waals surface area contributed by atoms with Crippen molar-refractivity contribution in [3.05, 3.63) is 70.8 Å². The number of methoxy groups -OCH3 is 1. The van der Waals surface area contributed by atoms with Gasteiger partial charge in [0.25, 0.3) is 5.91 Å². The average Bonchev–Trinajstić information content (AvgIpc) is 2.72. The number of carbonyl (C=O) groups is 2. The lowest BCUT2D eigenvalue weighted by molar-refractivity contribution is -0.123. The molecule has 2 rings (SSSR count). The monoisotopic (exact) mass is 438 g/mol. The smallest absolute Gasteiger partial charge is 0.257 e. The van der Waals surface area contributed by atoms with Gasteiger partial charge in [-0.05, 0) is 36.2 Å². The third-order valence-corrected chi connectivity index (χ3v) is 4.26. The van der Waals surface area contributed by atoms with Gasteiger partial charge < -0.3 is 20.1 Å². The minimum atomic E-state index is -0.645. The van der Waals surface area contributed by atoms with Crippen LogP contribution in [-0.2, 0) is 16.1 Å². The highest BCUT2D eigenvalue weighted by atomic mass is 35.5. The van der Waals surface area contributed by atoms with Crippen LogP contribution in [0, 0.1) is 11.6 Å². The van der Waals surface area contributed by atoms with Gasteiger partial charge in [-0.3, -0.25) is 9.59 Å². The van der Waals surface area contributed by atoms with Crippen LogP contribution in [0.5, 0.6) is 11.5 Å². The Morgan fingerprint density at radius 3 is 2.57 bits per heavy atom. The maximum Gasteiger partial charge on any atom is 0.257 e. The first-order chi connectivity index (χ1) is 14.3. The molecule has 160 valence electrons. The number of halogens is 3. The lowest BCUT2D eigenvalue weighted by atomic mass is 10.1. The predicted octanol–water partition coefficient (Wildman–Crippen LogP) is 3.38. The largest absolute Gasteiger partial charge is 0.497 e. The molecule has 0 radical (unpaired) electrons. The second-order valence-electron chi connectivity index (χ2n) is 6.25. The number of carbonyl (C=O) groups excluding carboxylic acids is 2. The maximum atomic E-state index is 13.5. The van der Waals surface area contributed by atoms with E-state index in [1.165, 1.54) is 31.4 Å². The standard InChI is InChI=1S/C21H21ClF2N2O4/c1-13(21(28)26-11-14-7-15(23)9-17(8-14)29-2)5-6-25-20(27)12-30-16-3-4-18(22)19(24)10-16/h3-4,7-10H,1,5-6,11-12H2,2H3,(H,25,27)(H,26,28). The number of rotatable bonds is 10. The van der Waals surface area contributed by atoms with Crippen molar-refractivity contribution in [3.63, 3.8) is 0 Å². The van der Waals surface area contributed by atoms with Crippen LogP contribution in [-0.4, -0.2) is 32.1 Å². The quantitative estimate of drug-likeness (QED) is 0.557. The number of amides is 2. The normalized spacial score (nSPS) is 10.3. The van der Waals surface area contributed by atoms with Gasteiger partial charge in [0.15, 0.2) is 6.61 Å². The zero-order valence-corrected chi connectivity index (χ0v) is 17.0. The zero-order valence-electron chi connectivity index (χ0n) is 16.3. The Kier molecular flexibility index (Phi) is 8.61. The molecular weight excluding hydrogens is 418 g/mol. The second-order valence-corrected chi connectivity index (χ2v) is 6.66. The van der Waals surface area contributed by atoms with Gasteiger partial charge in [0.2, 0.25) is 5.91 Å². The van der Waals surface area contributed by atoms with Gasteiger partial charge in [-0.2, -0.15) is 0 Å². The van der Waals surface area contributed by atoms with Crippen LogP contribution in [0.3, 0.4) is 0 Å². The van der Waals surface area contributed by atoms with Crippen LogP contribution in [0.25, 0.3) is 0 Å². The van der Waals surface area contributed by atoms with E-state index < -0.39 is 23.4 Å². The molecule has 2 N–H and O–H groups in total. The fourth-order valence-electron chi connectivity index (χ4n) is 2.38. The molecule has 0 fully saturated rings. The number of benzene rings is 2. The minimum absolute atomic E-state index is 0.0415. The third-order valence-electron chi connectivity index (χ3n) is 3.95. The molecule has 0 unspecified atom stereocenters. The van der Waals surface area contributed by atoms with Crippen molar-refractivity contribution in [2.24, 2.45) is 0 Å². The molecule has 0 aliphatic rings. The number of hydrogen-bond donors (Lipinski definition) is 2. The number of nitrogens with one attached hydrogen (secondary N) is 2. The minimum Gasteiger partial charge on any atom is -0.497 e. The van der Waals surface area contributed by atoms with Crippen LogP contribution in [0.1, 0.15) is 12.0 Å². The van der Waals surface area contributed by atoms with E-state index in [2.05, 4.69) is 17.2 Å². The van der Waals surface area contributed by atoms with Crippen molar-refractivity contribution >= 4 is 23.4 Å². The summed E-state index contributed by atoms with van der Waals surface area (Å²) >= 11 is 5.57. The lowest BCUT2D eigenvalue weighted by Crippen LogP contribution is -2.31. The fourth-order valence-corrected chi connectivity index (χ4v) is 2.50. The molecule has 2 aromatic carbocycles. The van der Waals surface area contributed by atoms with Gasteiger partial charge in [0.1, 0.15) is 23.1 Å². The van der Waals surface area contributed by atoms with Gasteiger partial charge in [-0.25, -0.2) is 8.78 Å². The summed E-state index contributed by atoms with van der Waals surface area (Å²) in [5, 5.41) is 5.16. The molecule has 2 aromatic rings. The Balaban J connectivity index is 1.69. The molecule has 0 heterocycles. The molecule has 0 bridgehead atoms. The summed E-state index contributed by atoms with van der Waals surface area (Å²) < 4.78 is 36.9. The Labute approximate surface area is 177 Å². The zero-order chi connectivity index (χ0) is 22.1. The van der Waals surface area contributed by atoms with Crippen molar-refractivity contribution in [3.8, 4) is 11.5 Å². The highest BCUT2D eigenvalue weighted by Gasteiger charge is 2.10. The van der Waals surface area contributed by atoms with E-state index in [-0.39, 0.29) is 42.5 Å². The summed E-state index contributed by atoms with van der Waals surface area (Å²) in [5.74, 6) is -1.45. The summed E-state index contributed by atoms with van der Waals surface area (Å²) in [6, 6.07) is 7.99. The van der Waals surface area contributed by atoms with Gasteiger partial charge in [0, 0.05) is 30.8 Å². The molecule has 6 nitrogen and oxygen atoms in total. The summed E-state index contributed by atoms with van der Waals surface area (Å²) in [7, 11) is 1.42. The van der Waals surface area contributed by atoms with E-state index in [9.17, 15) is 18.4 Å². The van der Waals surface area contributed by atoms with Gasteiger partial charge in [-0.15, -0.1) is 0 Å². The molecule has 30 heavy (non-hydrogen) atoms. The van der Waals surface area contributed by atoms with E-state index in [4.69, 9.17) is 21.1 Å². The molecule has 0 saturated carbocycles. The highest BCUT2D eigenvalue weighted by Crippen LogP contribution is 2.20. The van der Waals surface area contributed by atoms with Gasteiger partial charge in [-0.1, -0.05) is 18.2 Å². The highest BCUT2D eigenvalue weighted by molar-refractivity contribution is 6.30. The third kappa shape index (κ3) is 7.36. The van der Waals surface area contributed by atoms with Crippen LogP contribution in [0.15, 0.2) is 48.6 Å². The maximum absolute atomic E-state index is 13.5. The van der Waals surface area contributed by atoms with Crippen LogP contribution >= 0.6 is 11.6 Å². The predicted molar refractivity (Wildman–Crippen MR) is 108 cm³/mol. The molecule has 0 spiro atoms. The van der Waals surface area contributed by atoms with Crippen LogP contribution in [0.2, 0.25) is 5.02 Å². The first kappa shape index (κ1) is 23.2. The molecule has 0 atom stereocenters. The van der Waals surface area contributed by atoms with Crippen molar-refractivity contribution in [1.29, 1.82) is 0 Å². The SMILES string of the molecule is C=C(CCNC(=O)COc1ccc(Cl)c(F)c1)C(=O)NCc1cc(F)cc(OC)c1. The van der Waals surface area contributed by atoms with Gasteiger partial charge in [0.05, 0.1) is 12.1 Å². The summed E-state index contributed by atoms with van der Waals surface area (Å²) in [4.78, 5) is 23.9. The Morgan fingerprint density at radius 1 is 1.10 bits per heavy atom. The molecule has 0 aliphatic heterocycles. The topological polar surface area (TPSA) is 76.7 Å². The molecule has 2 amide bonds. The first-order valence-corrected chi connectivity index (χ1v) is 9.30. The first-order valence-electron chi connectivity index (χ1n) is 8.92. The average molecular weight is 439 g/mol. The van der Waals surface area contributed by atoms with Crippen LogP contribution < -0.4 is 20.1 Å². The van der Waals surface area contributed by atoms with Gasteiger partial charge >= 0.3 is 0 Å². The Hall–Kier alpha value is -3.13. The second kappa shape index (κ2) is 11.2. The summed E-state index contributed by atoms with van der Waals surface area (Å²) in [5.41, 5.74) is 0.788. The van der Waals surface area contributed by atoms with E-state index in [0.29, 0.717) is 11.3 Å². The van der Waals surface area contributed by atoms with Crippen molar-refractivity contribution in [2.45, 2.75) is 13.0 Å². The van der Waals surface area contributed by atoms with E-state index >= 15 is 0 Å². The Morgan fingerprint density at radius 2 is 1.87 bits per heavy atom. The molecule has 0 saturated heterocycles. The van der Waals surface area contributed by atoms with Crippen molar-refractivity contribution in [1.82, 2.24) is 10.6 Å². The number of hydrogen-bond acceptors (Lipinski definition) is 4. The summed E-state index contributed by atoms with van der Waals surface area (Å²) in [6.45, 7) is 3.63. The summed E-state index contributed by atoms with van der Waals surface area (Å²) in [6.07, 6.45) is 0.208. The molecule has 0 aromatic heterocycles. The molecular formula is C21H21ClF2N2O4. The Bertz CT molecular complexity index is 937. The van der Waals surface area contributed by atoms with E-state index in [0.717, 1.165) is 6.07 Å². The molecule has 9 heteroatoms. The van der Waals surface area contributed by atoms with E-state index in [1.54, 1.807) is 6.07 Å². The fraction of sp³-hybridized carbons (Fsp3) is 0.238. The lowest BCUT2D eigenvalue weighted by Gasteiger charge is -2.10. The van der Waals surface area contributed by atoms with Crippen LogP contribution in [0.4, 0.5) is 8.78 Å². The van der Waals surface area contributed by atoms with Crippen molar-refractivity contribution in [2.75, 3.05) is 20.3 Å². The van der Waals surface area contributed by atoms with E-state index in [1.807, 2.05) is 0 Å². The van der Waals surface area contributed by atoms with Crippen molar-refractivity contribution < 1.29 is 27.8 Å². The number of ether oxygens (including phenoxy) is 2. The molecule has 0 aliphatic carbocycles.